The smallest absolute Gasteiger partial charge is 0.302 e. The van der Waals surface area contributed by atoms with Gasteiger partial charge in [-0.2, -0.15) is 0 Å². The molecule has 0 aromatic heterocycles. The second-order valence-corrected chi connectivity index (χ2v) is 11.1. The molecule has 0 amide bonds. The van der Waals surface area contributed by atoms with E-state index in [1.807, 2.05) is 6.92 Å². The van der Waals surface area contributed by atoms with Crippen LogP contribution >= 0.6 is 0 Å². The average molecular weight is 417 g/mol. The fraction of sp³-hybridized carbons (Fsp3) is 0.840. The monoisotopic (exact) mass is 416 g/mol. The third-order valence-corrected chi connectivity index (χ3v) is 9.85. The van der Waals surface area contributed by atoms with Crippen molar-refractivity contribution >= 4 is 11.9 Å². The van der Waals surface area contributed by atoms with Crippen molar-refractivity contribution in [3.05, 3.63) is 11.6 Å². The Kier molecular flexibility index (Phi) is 4.50. The predicted molar refractivity (Wildman–Crippen MR) is 111 cm³/mol. The summed E-state index contributed by atoms with van der Waals surface area (Å²) in [5, 5.41) is 0. The second kappa shape index (κ2) is 6.57. The van der Waals surface area contributed by atoms with Crippen molar-refractivity contribution in [2.24, 2.45) is 28.6 Å². The van der Waals surface area contributed by atoms with E-state index in [0.29, 0.717) is 17.8 Å². The zero-order valence-corrected chi connectivity index (χ0v) is 19.0. The molecule has 4 fully saturated rings. The highest BCUT2D eigenvalue weighted by molar-refractivity contribution is 5.66. The van der Waals surface area contributed by atoms with Crippen LogP contribution in [-0.2, 0) is 23.8 Å². The molecule has 0 aromatic carbocycles. The molecule has 5 rings (SSSR count). The van der Waals surface area contributed by atoms with E-state index in [1.54, 1.807) is 0 Å². The lowest BCUT2D eigenvalue weighted by atomic mass is 9.47. The Hall–Kier alpha value is -1.36. The Morgan fingerprint density at radius 1 is 1.13 bits per heavy atom. The number of esters is 2. The highest BCUT2D eigenvalue weighted by atomic mass is 16.7. The van der Waals surface area contributed by atoms with E-state index in [4.69, 9.17) is 14.2 Å². The quantitative estimate of drug-likeness (QED) is 0.383. The molecule has 3 saturated carbocycles. The zero-order valence-electron chi connectivity index (χ0n) is 19.0. The van der Waals surface area contributed by atoms with Gasteiger partial charge in [-0.3, -0.25) is 9.59 Å². The number of hydrogen-bond donors (Lipinski definition) is 0. The molecule has 0 unspecified atom stereocenters. The standard InChI is InChI=1S/C25H36O5/c1-14(28-15(2)26)25-22(30-25)13-21-19-7-6-17-12-18(29-16(3)27)8-10-23(17,4)20(19)9-11-24(21,25)5/h6,14,18-22H,7-13H2,1-5H3/t14-,18-,19-,20+,21+,22+,23-,24-,25+/m0/s1. The first-order valence-corrected chi connectivity index (χ1v) is 11.8. The predicted octanol–water partition coefficient (Wildman–Crippen LogP) is 4.58. The van der Waals surface area contributed by atoms with Gasteiger partial charge in [-0.05, 0) is 68.6 Å². The first kappa shape index (κ1) is 20.5. The van der Waals surface area contributed by atoms with Crippen LogP contribution in [0, 0.1) is 28.6 Å². The van der Waals surface area contributed by atoms with Crippen molar-refractivity contribution in [1.82, 2.24) is 0 Å². The number of rotatable bonds is 3. The van der Waals surface area contributed by atoms with E-state index in [0.717, 1.165) is 38.5 Å². The van der Waals surface area contributed by atoms with Gasteiger partial charge in [-0.15, -0.1) is 0 Å². The first-order valence-electron chi connectivity index (χ1n) is 11.8. The molecule has 0 radical (unpaired) electrons. The summed E-state index contributed by atoms with van der Waals surface area (Å²) in [6, 6.07) is 0. The molecular formula is C25H36O5. The van der Waals surface area contributed by atoms with Crippen molar-refractivity contribution in [2.75, 3.05) is 0 Å². The molecule has 1 saturated heterocycles. The topological polar surface area (TPSA) is 65.1 Å². The van der Waals surface area contributed by atoms with Crippen LogP contribution < -0.4 is 0 Å². The van der Waals surface area contributed by atoms with E-state index >= 15 is 0 Å². The summed E-state index contributed by atoms with van der Waals surface area (Å²) in [7, 11) is 0. The maximum atomic E-state index is 11.6. The van der Waals surface area contributed by atoms with Crippen molar-refractivity contribution in [2.45, 2.75) is 103 Å². The molecule has 1 aliphatic heterocycles. The molecule has 0 spiro atoms. The largest absolute Gasteiger partial charge is 0.462 e. The van der Waals surface area contributed by atoms with Crippen LogP contribution in [0.3, 0.4) is 0 Å². The van der Waals surface area contributed by atoms with Gasteiger partial charge in [0.1, 0.15) is 17.8 Å². The SMILES string of the molecule is CC(=O)O[C@H]1CC[C@@]2(C)C(=CC[C@H]3[C@H]2CC[C@@]2(C)[C@@H]3C[C@H]3O[C@]32[C@H](C)OC(C)=O)C1. The summed E-state index contributed by atoms with van der Waals surface area (Å²) in [6.07, 6.45) is 10.1. The first-order chi connectivity index (χ1) is 14.1. The highest BCUT2D eigenvalue weighted by Crippen LogP contribution is 2.74. The molecule has 5 heteroatoms. The van der Waals surface area contributed by atoms with Gasteiger partial charge in [0, 0.05) is 25.7 Å². The second-order valence-electron chi connectivity index (χ2n) is 11.1. The molecule has 0 bridgehead atoms. The maximum absolute atomic E-state index is 11.6. The summed E-state index contributed by atoms with van der Waals surface area (Å²) in [6.45, 7) is 9.90. The number of carbonyl (C=O) groups excluding carboxylic acids is 2. The lowest BCUT2D eigenvalue weighted by molar-refractivity contribution is -0.159. The Morgan fingerprint density at radius 2 is 1.90 bits per heavy atom. The normalized spacial score (nSPS) is 49.5. The average Bonchev–Trinajstić information content (AvgIpc) is 3.33. The molecule has 1 heterocycles. The van der Waals surface area contributed by atoms with Crippen LogP contribution in [0.25, 0.3) is 0 Å². The molecule has 166 valence electrons. The Bertz CT molecular complexity index is 803. The van der Waals surface area contributed by atoms with Crippen LogP contribution in [0.4, 0.5) is 0 Å². The summed E-state index contributed by atoms with van der Waals surface area (Å²) in [5.74, 6) is 1.60. The molecule has 5 aliphatic rings. The molecule has 0 N–H and O–H groups in total. The number of carbonyl (C=O) groups is 2. The lowest BCUT2D eigenvalue weighted by Crippen LogP contribution is -2.55. The molecular weight excluding hydrogens is 380 g/mol. The molecule has 4 aliphatic carbocycles. The summed E-state index contributed by atoms with van der Waals surface area (Å²) in [5.41, 5.74) is 1.53. The number of epoxide rings is 1. The third-order valence-electron chi connectivity index (χ3n) is 9.85. The maximum Gasteiger partial charge on any atom is 0.302 e. The Labute approximate surface area is 179 Å². The van der Waals surface area contributed by atoms with Crippen molar-refractivity contribution < 1.29 is 23.8 Å². The minimum atomic E-state index is -0.286. The number of allylic oxidation sites excluding steroid dienone is 1. The van der Waals surface area contributed by atoms with Crippen molar-refractivity contribution in [3.63, 3.8) is 0 Å². The third kappa shape index (κ3) is 2.63. The van der Waals surface area contributed by atoms with Crippen LogP contribution in [0.2, 0.25) is 0 Å². The van der Waals surface area contributed by atoms with Gasteiger partial charge in [0.05, 0.1) is 6.10 Å². The van der Waals surface area contributed by atoms with Gasteiger partial charge >= 0.3 is 11.9 Å². The van der Waals surface area contributed by atoms with Crippen LogP contribution in [0.1, 0.15) is 79.6 Å². The van der Waals surface area contributed by atoms with E-state index in [9.17, 15) is 9.59 Å². The Morgan fingerprint density at radius 3 is 2.60 bits per heavy atom. The van der Waals surface area contributed by atoms with E-state index in [1.165, 1.54) is 25.8 Å². The van der Waals surface area contributed by atoms with E-state index < -0.39 is 0 Å². The van der Waals surface area contributed by atoms with Gasteiger partial charge in [0.25, 0.3) is 0 Å². The van der Waals surface area contributed by atoms with Gasteiger partial charge in [-0.25, -0.2) is 0 Å². The number of fused-ring (bicyclic) bond motifs is 7. The lowest BCUT2D eigenvalue weighted by Gasteiger charge is -2.58. The Balaban J connectivity index is 1.40. The summed E-state index contributed by atoms with van der Waals surface area (Å²) in [4.78, 5) is 23.1. The minimum Gasteiger partial charge on any atom is -0.462 e. The van der Waals surface area contributed by atoms with E-state index in [2.05, 4.69) is 19.9 Å². The number of ether oxygens (including phenoxy) is 3. The fourth-order valence-electron chi connectivity index (χ4n) is 8.52. The molecule has 30 heavy (non-hydrogen) atoms. The van der Waals surface area contributed by atoms with Crippen molar-refractivity contribution in [1.29, 1.82) is 0 Å². The zero-order chi connectivity index (χ0) is 21.5. The van der Waals surface area contributed by atoms with Gasteiger partial charge in [-0.1, -0.05) is 25.5 Å². The number of hydrogen-bond acceptors (Lipinski definition) is 5. The summed E-state index contributed by atoms with van der Waals surface area (Å²) >= 11 is 0. The molecule has 5 nitrogen and oxygen atoms in total. The van der Waals surface area contributed by atoms with Gasteiger partial charge in [0.2, 0.25) is 0 Å². The van der Waals surface area contributed by atoms with Crippen LogP contribution in [0.15, 0.2) is 11.6 Å². The van der Waals surface area contributed by atoms with Crippen molar-refractivity contribution in [3.8, 4) is 0 Å². The van der Waals surface area contributed by atoms with Gasteiger partial charge in [0.15, 0.2) is 0 Å². The molecule has 0 aromatic rings. The van der Waals surface area contributed by atoms with Gasteiger partial charge < -0.3 is 14.2 Å². The minimum absolute atomic E-state index is 0.0487. The van der Waals surface area contributed by atoms with Crippen LogP contribution in [-0.4, -0.2) is 35.9 Å². The summed E-state index contributed by atoms with van der Waals surface area (Å²) < 4.78 is 17.5. The highest BCUT2D eigenvalue weighted by Gasteiger charge is 2.79. The molecule has 9 atom stereocenters. The fourth-order valence-corrected chi connectivity index (χ4v) is 8.52. The van der Waals surface area contributed by atoms with E-state index in [-0.39, 0.29) is 46.7 Å². The van der Waals surface area contributed by atoms with Crippen LogP contribution in [0.5, 0.6) is 0 Å².